The van der Waals surface area contributed by atoms with Crippen molar-refractivity contribution in [2.45, 2.75) is 25.2 Å². The van der Waals surface area contributed by atoms with E-state index in [0.29, 0.717) is 0 Å². The van der Waals surface area contributed by atoms with E-state index in [0.717, 1.165) is 42.0 Å². The minimum atomic E-state index is -0.171. The van der Waals surface area contributed by atoms with Crippen LogP contribution in [0.5, 0.6) is 0 Å². The summed E-state index contributed by atoms with van der Waals surface area (Å²) in [4.78, 5) is 4.42. The van der Waals surface area contributed by atoms with Crippen LogP contribution in [-0.2, 0) is 5.41 Å². The third kappa shape index (κ3) is 2.22. The zero-order valence-corrected chi connectivity index (χ0v) is 12.4. The van der Waals surface area contributed by atoms with Crippen molar-refractivity contribution in [2.75, 3.05) is 11.9 Å². The van der Waals surface area contributed by atoms with Gasteiger partial charge in [0, 0.05) is 24.4 Å². The number of fused-ring (bicyclic) bond motifs is 1. The Balaban J connectivity index is 1.59. The number of anilines is 1. The van der Waals surface area contributed by atoms with Gasteiger partial charge in [0.05, 0.1) is 5.69 Å². The van der Waals surface area contributed by atoms with Crippen LogP contribution in [0.1, 0.15) is 24.1 Å². The lowest BCUT2D eigenvalue weighted by Gasteiger charge is -2.17. The summed E-state index contributed by atoms with van der Waals surface area (Å²) >= 11 is 0. The van der Waals surface area contributed by atoms with Crippen molar-refractivity contribution in [1.82, 2.24) is 14.6 Å². The molecule has 3 aromatic rings. The minimum Gasteiger partial charge on any atom is -0.367 e. The van der Waals surface area contributed by atoms with Crippen LogP contribution in [0, 0.1) is 12.7 Å². The maximum absolute atomic E-state index is 13.5. The largest absolute Gasteiger partial charge is 0.367 e. The number of benzene rings is 1. The van der Waals surface area contributed by atoms with E-state index in [9.17, 15) is 4.39 Å². The number of aryl methyl sites for hydroxylation is 1. The van der Waals surface area contributed by atoms with Crippen molar-refractivity contribution in [3.8, 4) is 0 Å². The van der Waals surface area contributed by atoms with Crippen LogP contribution in [0.15, 0.2) is 42.7 Å². The summed E-state index contributed by atoms with van der Waals surface area (Å²) in [6.07, 6.45) is 5.73. The highest BCUT2D eigenvalue weighted by Crippen LogP contribution is 2.48. The van der Waals surface area contributed by atoms with Crippen molar-refractivity contribution in [1.29, 1.82) is 0 Å². The second kappa shape index (κ2) is 4.80. The van der Waals surface area contributed by atoms with Crippen molar-refractivity contribution in [3.05, 3.63) is 59.8 Å². The Morgan fingerprint density at radius 2 is 2.18 bits per heavy atom. The van der Waals surface area contributed by atoms with Gasteiger partial charge in [0.1, 0.15) is 11.3 Å². The van der Waals surface area contributed by atoms with Crippen molar-refractivity contribution in [3.63, 3.8) is 0 Å². The van der Waals surface area contributed by atoms with Crippen molar-refractivity contribution >= 4 is 11.3 Å². The molecule has 0 atom stereocenters. The predicted octanol–water partition coefficient (Wildman–Crippen LogP) is 3.32. The molecular formula is C17H17FN4. The fourth-order valence-electron chi connectivity index (χ4n) is 2.97. The van der Waals surface area contributed by atoms with E-state index in [2.05, 4.69) is 15.4 Å². The molecule has 112 valence electrons. The summed E-state index contributed by atoms with van der Waals surface area (Å²) in [5, 5.41) is 7.82. The number of hydrogen-bond donors (Lipinski definition) is 1. The van der Waals surface area contributed by atoms with Gasteiger partial charge in [-0.15, -0.1) is 0 Å². The van der Waals surface area contributed by atoms with E-state index >= 15 is 0 Å². The molecule has 0 unspecified atom stereocenters. The molecule has 5 heteroatoms. The third-order valence-electron chi connectivity index (χ3n) is 4.40. The fourth-order valence-corrected chi connectivity index (χ4v) is 2.97. The molecule has 2 aromatic heterocycles. The van der Waals surface area contributed by atoms with E-state index in [1.54, 1.807) is 18.3 Å². The molecular weight excluding hydrogens is 279 g/mol. The molecule has 1 N–H and O–H groups in total. The van der Waals surface area contributed by atoms with Gasteiger partial charge in [-0.1, -0.05) is 12.1 Å². The summed E-state index contributed by atoms with van der Waals surface area (Å²) in [6, 6.07) is 8.94. The molecule has 0 spiro atoms. The third-order valence-corrected chi connectivity index (χ3v) is 4.40. The number of aromatic nitrogens is 3. The summed E-state index contributed by atoms with van der Waals surface area (Å²) < 4.78 is 15.3. The Bertz CT molecular complexity index is 836. The number of nitrogens with one attached hydrogen (secondary N) is 1. The molecule has 1 saturated carbocycles. The lowest BCUT2D eigenvalue weighted by molar-refractivity contribution is 0.618. The molecule has 1 fully saturated rings. The van der Waals surface area contributed by atoms with Crippen LogP contribution in [0.25, 0.3) is 5.52 Å². The Morgan fingerprint density at radius 3 is 2.95 bits per heavy atom. The van der Waals surface area contributed by atoms with Gasteiger partial charge in [0.25, 0.3) is 0 Å². The number of halogens is 1. The summed E-state index contributed by atoms with van der Waals surface area (Å²) in [7, 11) is 0. The maximum Gasteiger partial charge on any atom is 0.152 e. The van der Waals surface area contributed by atoms with E-state index < -0.39 is 0 Å². The van der Waals surface area contributed by atoms with Gasteiger partial charge in [-0.2, -0.15) is 5.10 Å². The van der Waals surface area contributed by atoms with Crippen LogP contribution in [0.4, 0.5) is 10.2 Å². The Labute approximate surface area is 128 Å². The zero-order valence-electron chi connectivity index (χ0n) is 12.4. The second-order valence-corrected chi connectivity index (χ2v) is 6.04. The molecule has 0 amide bonds. The lowest BCUT2D eigenvalue weighted by Crippen LogP contribution is -2.20. The molecule has 1 aliphatic carbocycles. The van der Waals surface area contributed by atoms with Gasteiger partial charge in [0.15, 0.2) is 5.82 Å². The van der Waals surface area contributed by atoms with Gasteiger partial charge < -0.3 is 5.32 Å². The molecule has 0 bridgehead atoms. The normalized spacial score (nSPS) is 15.9. The molecule has 2 heterocycles. The molecule has 1 aromatic carbocycles. The monoisotopic (exact) mass is 296 g/mol. The molecule has 0 radical (unpaired) electrons. The topological polar surface area (TPSA) is 42.2 Å². The van der Waals surface area contributed by atoms with Crippen molar-refractivity contribution < 1.29 is 4.39 Å². The first-order valence-electron chi connectivity index (χ1n) is 7.47. The fraction of sp³-hybridized carbons (Fsp3) is 0.294. The van der Waals surface area contributed by atoms with Crippen LogP contribution in [-0.4, -0.2) is 21.1 Å². The Hall–Kier alpha value is -2.43. The summed E-state index contributed by atoms with van der Waals surface area (Å²) in [5.41, 5.74) is 3.03. The lowest BCUT2D eigenvalue weighted by atomic mass is 9.96. The van der Waals surface area contributed by atoms with Gasteiger partial charge in [-0.3, -0.25) is 0 Å². The standard InChI is InChI=1S/C17H17FN4/c1-12-9-15-16(19-7-8-22(15)21-12)20-11-17(5-6-17)13-3-2-4-14(18)10-13/h2-4,7-10H,5-6,11H2,1H3,(H,19,20). The van der Waals surface area contributed by atoms with Crippen LogP contribution in [0.3, 0.4) is 0 Å². The van der Waals surface area contributed by atoms with Gasteiger partial charge in [0.2, 0.25) is 0 Å². The molecule has 0 saturated heterocycles. The number of rotatable bonds is 4. The smallest absolute Gasteiger partial charge is 0.152 e. The molecule has 0 aliphatic heterocycles. The number of hydrogen-bond acceptors (Lipinski definition) is 3. The quantitative estimate of drug-likeness (QED) is 0.803. The maximum atomic E-state index is 13.5. The first kappa shape index (κ1) is 13.2. The van der Waals surface area contributed by atoms with Gasteiger partial charge in [-0.05, 0) is 43.5 Å². The second-order valence-electron chi connectivity index (χ2n) is 6.04. The van der Waals surface area contributed by atoms with E-state index in [-0.39, 0.29) is 11.2 Å². The molecule has 22 heavy (non-hydrogen) atoms. The predicted molar refractivity (Wildman–Crippen MR) is 83.5 cm³/mol. The minimum absolute atomic E-state index is 0.0334. The first-order valence-corrected chi connectivity index (χ1v) is 7.47. The summed E-state index contributed by atoms with van der Waals surface area (Å²) in [5.74, 6) is 0.654. The zero-order chi connectivity index (χ0) is 15.2. The van der Waals surface area contributed by atoms with Gasteiger partial charge in [-0.25, -0.2) is 13.9 Å². The highest BCUT2D eigenvalue weighted by Gasteiger charge is 2.44. The van der Waals surface area contributed by atoms with Gasteiger partial charge >= 0.3 is 0 Å². The molecule has 4 rings (SSSR count). The first-order chi connectivity index (χ1) is 10.7. The Kier molecular flexibility index (Phi) is 2.89. The average Bonchev–Trinajstić information content (AvgIpc) is 3.20. The average molecular weight is 296 g/mol. The van der Waals surface area contributed by atoms with Crippen LogP contribution < -0.4 is 5.32 Å². The van der Waals surface area contributed by atoms with E-state index in [1.165, 1.54) is 6.07 Å². The van der Waals surface area contributed by atoms with E-state index in [4.69, 9.17) is 0 Å². The highest BCUT2D eigenvalue weighted by atomic mass is 19.1. The van der Waals surface area contributed by atoms with Crippen molar-refractivity contribution in [2.24, 2.45) is 0 Å². The summed E-state index contributed by atoms with van der Waals surface area (Å²) in [6.45, 7) is 2.72. The number of nitrogens with zero attached hydrogens (tertiary/aromatic N) is 3. The van der Waals surface area contributed by atoms with E-state index in [1.807, 2.05) is 29.8 Å². The SMILES string of the molecule is Cc1cc2c(NCC3(c4cccc(F)c4)CC3)nccn2n1. The van der Waals surface area contributed by atoms with Crippen LogP contribution in [0.2, 0.25) is 0 Å². The Morgan fingerprint density at radius 1 is 1.32 bits per heavy atom. The molecule has 4 nitrogen and oxygen atoms in total. The molecule has 1 aliphatic rings. The van der Waals surface area contributed by atoms with Crippen LogP contribution >= 0.6 is 0 Å². The highest BCUT2D eigenvalue weighted by molar-refractivity contribution is 5.68.